The van der Waals surface area contributed by atoms with Crippen molar-refractivity contribution in [2.24, 2.45) is 0 Å². The molecule has 2 aliphatic heterocycles. The Kier molecular flexibility index (Phi) is 6.48. The number of piperazine rings is 1. The maximum absolute atomic E-state index is 13.6. The number of methoxy groups -OCH3 is 2. The fraction of sp³-hybridized carbons (Fsp3) is 0.455. The molecule has 2 heterocycles. The highest BCUT2D eigenvalue weighted by molar-refractivity contribution is 9.10. The number of benzene rings is 2. The Morgan fingerprint density at radius 1 is 0.935 bits per heavy atom. The number of ether oxygens (including phenoxy) is 2. The first-order valence-electron chi connectivity index (χ1n) is 10.3. The van der Waals surface area contributed by atoms with Crippen molar-refractivity contribution in [2.45, 2.75) is 17.9 Å². The zero-order valence-electron chi connectivity index (χ0n) is 18.1. The number of likely N-dealkylation sites (N-methyl/N-ethyl adjacent to an activating group) is 1. The average Bonchev–Trinajstić information content (AvgIpc) is 2.79. The summed E-state index contributed by atoms with van der Waals surface area (Å²) in [5, 5.41) is 0. The van der Waals surface area contributed by atoms with E-state index in [1.807, 2.05) is 12.1 Å². The van der Waals surface area contributed by atoms with E-state index >= 15 is 0 Å². The molecule has 2 aromatic carbocycles. The molecule has 31 heavy (non-hydrogen) atoms. The van der Waals surface area contributed by atoms with Crippen LogP contribution in [0.4, 0.5) is 5.69 Å². The predicted molar refractivity (Wildman–Crippen MR) is 125 cm³/mol. The lowest BCUT2D eigenvalue weighted by Gasteiger charge is -2.35. The Morgan fingerprint density at radius 2 is 1.61 bits per heavy atom. The molecule has 0 spiro atoms. The van der Waals surface area contributed by atoms with Crippen molar-refractivity contribution in [2.75, 3.05) is 58.9 Å². The lowest BCUT2D eigenvalue weighted by atomic mass is 10.0. The van der Waals surface area contributed by atoms with Gasteiger partial charge >= 0.3 is 0 Å². The van der Waals surface area contributed by atoms with Crippen molar-refractivity contribution in [3.05, 3.63) is 45.9 Å². The fourth-order valence-corrected chi connectivity index (χ4v) is 6.29. The van der Waals surface area contributed by atoms with Gasteiger partial charge in [-0.2, -0.15) is 4.31 Å². The second-order valence-electron chi connectivity index (χ2n) is 7.93. The van der Waals surface area contributed by atoms with E-state index in [4.69, 9.17) is 9.47 Å². The second-order valence-corrected chi connectivity index (χ2v) is 10.7. The van der Waals surface area contributed by atoms with Gasteiger partial charge in [0.25, 0.3) is 0 Å². The number of fused-ring (bicyclic) bond motifs is 1. The zero-order chi connectivity index (χ0) is 22.2. The quantitative estimate of drug-likeness (QED) is 0.617. The maximum atomic E-state index is 13.6. The van der Waals surface area contributed by atoms with E-state index in [2.05, 4.69) is 32.8 Å². The van der Waals surface area contributed by atoms with E-state index in [1.54, 1.807) is 36.7 Å². The Labute approximate surface area is 192 Å². The molecule has 0 radical (unpaired) electrons. The van der Waals surface area contributed by atoms with Gasteiger partial charge < -0.3 is 19.3 Å². The van der Waals surface area contributed by atoms with Gasteiger partial charge in [0.2, 0.25) is 10.0 Å². The molecule has 0 aromatic heterocycles. The molecule has 9 heteroatoms. The third kappa shape index (κ3) is 4.28. The van der Waals surface area contributed by atoms with Crippen molar-refractivity contribution >= 4 is 31.6 Å². The number of halogens is 1. The van der Waals surface area contributed by atoms with E-state index in [-0.39, 0.29) is 0 Å². The van der Waals surface area contributed by atoms with Crippen LogP contribution in [0.1, 0.15) is 11.1 Å². The minimum absolute atomic E-state index is 0.296. The van der Waals surface area contributed by atoms with Crippen LogP contribution in [-0.2, 0) is 23.0 Å². The van der Waals surface area contributed by atoms with Gasteiger partial charge in [-0.1, -0.05) is 6.07 Å². The van der Waals surface area contributed by atoms with Crippen LogP contribution in [0.5, 0.6) is 11.5 Å². The molecule has 0 atom stereocenters. The minimum Gasteiger partial charge on any atom is -0.496 e. The van der Waals surface area contributed by atoms with Crippen LogP contribution in [0.3, 0.4) is 0 Å². The fourth-order valence-electron chi connectivity index (χ4n) is 4.18. The average molecular weight is 510 g/mol. The smallest absolute Gasteiger partial charge is 0.243 e. The molecule has 168 valence electrons. The first kappa shape index (κ1) is 22.4. The summed E-state index contributed by atoms with van der Waals surface area (Å²) in [4.78, 5) is 4.76. The first-order chi connectivity index (χ1) is 14.8. The molecule has 2 aromatic rings. The van der Waals surface area contributed by atoms with Gasteiger partial charge in [-0.05, 0) is 64.8 Å². The first-order valence-corrected chi connectivity index (χ1v) is 12.5. The summed E-state index contributed by atoms with van der Waals surface area (Å²) >= 11 is 3.59. The SMILES string of the molecule is COc1ccc(S(=O)(=O)N2CCc3ccc(OC)c(Br)c3C2)cc1N1CCN(C)CC1. The number of hydrogen-bond donors (Lipinski definition) is 0. The van der Waals surface area contributed by atoms with Crippen LogP contribution in [0, 0.1) is 0 Å². The highest BCUT2D eigenvalue weighted by Gasteiger charge is 2.31. The third-order valence-corrected chi connectivity index (χ3v) is 8.83. The van der Waals surface area contributed by atoms with Gasteiger partial charge in [-0.15, -0.1) is 0 Å². The lowest BCUT2D eigenvalue weighted by molar-refractivity contribution is 0.311. The monoisotopic (exact) mass is 509 g/mol. The Balaban J connectivity index is 1.65. The largest absolute Gasteiger partial charge is 0.496 e. The molecule has 1 fully saturated rings. The third-order valence-electron chi connectivity index (χ3n) is 6.12. The van der Waals surface area contributed by atoms with Gasteiger partial charge in [0.1, 0.15) is 11.5 Å². The number of nitrogens with zero attached hydrogens (tertiary/aromatic N) is 3. The summed E-state index contributed by atoms with van der Waals surface area (Å²) < 4.78 is 40.4. The summed E-state index contributed by atoms with van der Waals surface area (Å²) in [5.41, 5.74) is 2.94. The molecule has 0 aliphatic carbocycles. The molecule has 7 nitrogen and oxygen atoms in total. The molecule has 4 rings (SSSR count). The molecule has 0 saturated carbocycles. The van der Waals surface area contributed by atoms with Crippen LogP contribution in [0.25, 0.3) is 0 Å². The minimum atomic E-state index is -3.66. The summed E-state index contributed by atoms with van der Waals surface area (Å²) in [5.74, 6) is 1.40. The van der Waals surface area contributed by atoms with Crippen LogP contribution in [0.2, 0.25) is 0 Å². The summed E-state index contributed by atoms with van der Waals surface area (Å²) in [6.45, 7) is 4.29. The van der Waals surface area contributed by atoms with E-state index in [9.17, 15) is 8.42 Å². The van der Waals surface area contributed by atoms with E-state index < -0.39 is 10.0 Å². The standard InChI is InChI=1S/C22H28BrN3O4S/c1-24-10-12-25(13-11-24)19-14-17(5-7-20(19)29-2)31(27,28)26-9-8-16-4-6-21(30-3)22(23)18(16)15-26/h4-7,14H,8-13,15H2,1-3H3. The molecule has 2 aliphatic rings. The van der Waals surface area contributed by atoms with Crippen molar-refractivity contribution in [1.29, 1.82) is 0 Å². The topological polar surface area (TPSA) is 62.3 Å². The van der Waals surface area contributed by atoms with Gasteiger partial charge in [-0.25, -0.2) is 8.42 Å². The molecule has 1 saturated heterocycles. The van der Waals surface area contributed by atoms with Crippen molar-refractivity contribution in [3.63, 3.8) is 0 Å². The van der Waals surface area contributed by atoms with Crippen molar-refractivity contribution < 1.29 is 17.9 Å². The van der Waals surface area contributed by atoms with Gasteiger partial charge in [0, 0.05) is 39.3 Å². The highest BCUT2D eigenvalue weighted by Crippen LogP contribution is 2.37. The van der Waals surface area contributed by atoms with Crippen LogP contribution in [-0.4, -0.2) is 71.6 Å². The highest BCUT2D eigenvalue weighted by atomic mass is 79.9. The Hall–Kier alpha value is -1.81. The molecular formula is C22H28BrN3O4S. The molecule has 0 unspecified atom stereocenters. The normalized spacial score (nSPS) is 18.0. The number of anilines is 1. The predicted octanol–water partition coefficient (Wildman–Crippen LogP) is 2.97. The van der Waals surface area contributed by atoms with Gasteiger partial charge in [0.05, 0.1) is 29.3 Å². The number of rotatable bonds is 5. The number of hydrogen-bond acceptors (Lipinski definition) is 6. The number of sulfonamides is 1. The summed E-state index contributed by atoms with van der Waals surface area (Å²) in [6, 6.07) is 9.09. The van der Waals surface area contributed by atoms with Crippen molar-refractivity contribution in [1.82, 2.24) is 9.21 Å². The Morgan fingerprint density at radius 3 is 2.29 bits per heavy atom. The molecule has 0 amide bonds. The van der Waals surface area contributed by atoms with E-state index in [0.717, 1.165) is 47.5 Å². The Bertz CT molecular complexity index is 1070. The van der Waals surface area contributed by atoms with Gasteiger partial charge in [0.15, 0.2) is 0 Å². The second kappa shape index (κ2) is 8.97. The van der Waals surface area contributed by atoms with Crippen molar-refractivity contribution in [3.8, 4) is 11.5 Å². The molecular weight excluding hydrogens is 482 g/mol. The molecule has 0 bridgehead atoms. The van der Waals surface area contributed by atoms with Gasteiger partial charge in [-0.3, -0.25) is 0 Å². The van der Waals surface area contributed by atoms with Crippen LogP contribution >= 0.6 is 15.9 Å². The van der Waals surface area contributed by atoms with Crippen LogP contribution in [0.15, 0.2) is 39.7 Å². The van der Waals surface area contributed by atoms with E-state index in [1.165, 1.54) is 0 Å². The van der Waals surface area contributed by atoms with E-state index in [0.29, 0.717) is 35.9 Å². The maximum Gasteiger partial charge on any atom is 0.243 e. The van der Waals surface area contributed by atoms with Crippen LogP contribution < -0.4 is 14.4 Å². The summed E-state index contributed by atoms with van der Waals surface area (Å²) in [7, 11) is 1.67. The zero-order valence-corrected chi connectivity index (χ0v) is 20.5. The summed E-state index contributed by atoms with van der Waals surface area (Å²) in [6.07, 6.45) is 0.665. The molecule has 0 N–H and O–H groups in total. The lowest BCUT2D eigenvalue weighted by Crippen LogP contribution is -2.44.